The number of nitrogens with one attached hydrogen (secondary N) is 1. The van der Waals surface area contributed by atoms with Gasteiger partial charge in [-0.1, -0.05) is 23.7 Å². The summed E-state index contributed by atoms with van der Waals surface area (Å²) in [4.78, 5) is 12.6. The maximum absolute atomic E-state index is 6.08. The van der Waals surface area contributed by atoms with Crippen molar-refractivity contribution in [1.82, 2.24) is 15.0 Å². The number of hydrogen-bond donors (Lipinski definition) is 1. The van der Waals surface area contributed by atoms with Crippen LogP contribution >= 0.6 is 11.6 Å². The van der Waals surface area contributed by atoms with E-state index >= 15 is 0 Å². The average molecular weight is 331 g/mol. The Hall–Kier alpha value is -2.60. The van der Waals surface area contributed by atoms with Gasteiger partial charge in [-0.25, -0.2) is 15.0 Å². The smallest absolute Gasteiger partial charge is 0.169 e. The van der Waals surface area contributed by atoms with Gasteiger partial charge in [0.25, 0.3) is 0 Å². The maximum Gasteiger partial charge on any atom is 0.169 e. The fraction of sp³-hybridized carbons (Fsp3) is 0.188. The molecule has 2 heterocycles. The third-order valence-corrected chi connectivity index (χ3v) is 3.65. The number of aromatic nitrogens is 3. The normalized spacial score (nSPS) is 10.6. The summed E-state index contributed by atoms with van der Waals surface area (Å²) in [7, 11) is 3.23. The van der Waals surface area contributed by atoms with E-state index in [-0.39, 0.29) is 0 Å². The largest absolute Gasteiger partial charge is 0.497 e. The molecule has 3 rings (SSSR count). The number of ether oxygens (including phenoxy) is 2. The van der Waals surface area contributed by atoms with Gasteiger partial charge in [0.1, 0.15) is 17.6 Å². The molecule has 0 saturated carbocycles. The van der Waals surface area contributed by atoms with Crippen LogP contribution in [0.1, 0.15) is 5.56 Å². The van der Waals surface area contributed by atoms with Crippen LogP contribution in [0.4, 0.5) is 5.82 Å². The van der Waals surface area contributed by atoms with E-state index in [4.69, 9.17) is 21.1 Å². The number of methoxy groups -OCH3 is 2. The van der Waals surface area contributed by atoms with Crippen molar-refractivity contribution in [1.29, 1.82) is 0 Å². The lowest BCUT2D eigenvalue weighted by molar-refractivity contribution is 0.414. The van der Waals surface area contributed by atoms with E-state index in [1.165, 1.54) is 6.33 Å². The van der Waals surface area contributed by atoms with Gasteiger partial charge in [0.2, 0.25) is 0 Å². The Balaban J connectivity index is 1.87. The molecule has 3 aromatic rings. The van der Waals surface area contributed by atoms with Gasteiger partial charge in [0.05, 0.1) is 19.7 Å². The average Bonchev–Trinajstić information content (AvgIpc) is 2.60. The molecule has 0 saturated heterocycles. The number of rotatable bonds is 5. The Bertz CT molecular complexity index is 824. The Labute approximate surface area is 138 Å². The molecule has 6 nitrogen and oxygen atoms in total. The monoisotopic (exact) mass is 330 g/mol. The lowest BCUT2D eigenvalue weighted by Gasteiger charge is -2.12. The molecule has 0 aliphatic carbocycles. The number of anilines is 1. The number of halogens is 1. The van der Waals surface area contributed by atoms with Crippen LogP contribution in [-0.4, -0.2) is 29.2 Å². The van der Waals surface area contributed by atoms with Crippen LogP contribution < -0.4 is 14.8 Å². The third-order valence-electron chi connectivity index (χ3n) is 3.37. The van der Waals surface area contributed by atoms with Crippen molar-refractivity contribution in [2.75, 3.05) is 19.5 Å². The molecular formula is C16H15ClN4O2. The zero-order valence-corrected chi connectivity index (χ0v) is 13.5. The Kier molecular flexibility index (Phi) is 4.43. The summed E-state index contributed by atoms with van der Waals surface area (Å²) in [5.41, 5.74) is 2.26. The fourth-order valence-electron chi connectivity index (χ4n) is 2.15. The minimum atomic E-state index is 0.310. The quantitative estimate of drug-likeness (QED) is 0.724. The van der Waals surface area contributed by atoms with E-state index in [1.807, 2.05) is 24.3 Å². The minimum Gasteiger partial charge on any atom is -0.497 e. The van der Waals surface area contributed by atoms with Crippen molar-refractivity contribution in [2.24, 2.45) is 0 Å². The van der Waals surface area contributed by atoms with Crippen LogP contribution in [0.2, 0.25) is 5.15 Å². The van der Waals surface area contributed by atoms with Gasteiger partial charge in [-0.05, 0) is 17.7 Å². The lowest BCUT2D eigenvalue weighted by Crippen LogP contribution is -2.04. The van der Waals surface area contributed by atoms with Crippen LogP contribution in [0.3, 0.4) is 0 Å². The van der Waals surface area contributed by atoms with E-state index in [1.54, 1.807) is 20.3 Å². The predicted molar refractivity (Wildman–Crippen MR) is 89.2 cm³/mol. The zero-order valence-electron chi connectivity index (χ0n) is 12.7. The first-order valence-electron chi connectivity index (χ1n) is 6.93. The van der Waals surface area contributed by atoms with Crippen LogP contribution in [0.15, 0.2) is 36.7 Å². The predicted octanol–water partition coefficient (Wildman–Crippen LogP) is 3.31. The Morgan fingerprint density at radius 2 is 1.87 bits per heavy atom. The van der Waals surface area contributed by atoms with Gasteiger partial charge in [-0.2, -0.15) is 0 Å². The van der Waals surface area contributed by atoms with Gasteiger partial charge >= 0.3 is 0 Å². The third kappa shape index (κ3) is 3.27. The maximum atomic E-state index is 6.08. The first-order chi connectivity index (χ1) is 11.2. The summed E-state index contributed by atoms with van der Waals surface area (Å²) < 4.78 is 10.5. The first kappa shape index (κ1) is 15.3. The lowest BCUT2D eigenvalue weighted by atomic mass is 10.2. The molecule has 0 amide bonds. The van der Waals surface area contributed by atoms with Crippen molar-refractivity contribution in [3.05, 3.63) is 47.4 Å². The van der Waals surface area contributed by atoms with Crippen molar-refractivity contribution in [3.8, 4) is 11.5 Å². The summed E-state index contributed by atoms with van der Waals surface area (Å²) in [5, 5.41) is 3.56. The van der Waals surface area contributed by atoms with E-state index in [2.05, 4.69) is 20.3 Å². The van der Waals surface area contributed by atoms with Crippen LogP contribution in [-0.2, 0) is 6.54 Å². The fourth-order valence-corrected chi connectivity index (χ4v) is 2.33. The molecule has 118 valence electrons. The first-order valence-corrected chi connectivity index (χ1v) is 7.31. The van der Waals surface area contributed by atoms with Crippen LogP contribution in [0, 0.1) is 0 Å². The van der Waals surface area contributed by atoms with E-state index in [9.17, 15) is 0 Å². The molecule has 2 aromatic heterocycles. The van der Waals surface area contributed by atoms with Crippen molar-refractivity contribution < 1.29 is 9.47 Å². The highest BCUT2D eigenvalue weighted by Crippen LogP contribution is 2.28. The number of pyridine rings is 1. The summed E-state index contributed by atoms with van der Waals surface area (Å²) in [6.07, 6.45) is 1.40. The highest BCUT2D eigenvalue weighted by molar-refractivity contribution is 6.33. The second-order valence-corrected chi connectivity index (χ2v) is 5.13. The highest BCUT2D eigenvalue weighted by atomic mass is 35.5. The molecule has 0 atom stereocenters. The molecule has 23 heavy (non-hydrogen) atoms. The summed E-state index contributed by atoms with van der Waals surface area (Å²) >= 11 is 6.08. The van der Waals surface area contributed by atoms with Crippen molar-refractivity contribution in [3.63, 3.8) is 0 Å². The molecule has 0 bridgehead atoms. The van der Waals surface area contributed by atoms with Crippen molar-refractivity contribution >= 4 is 28.5 Å². The minimum absolute atomic E-state index is 0.310. The zero-order chi connectivity index (χ0) is 16.2. The number of hydrogen-bond acceptors (Lipinski definition) is 6. The molecule has 1 aromatic carbocycles. The number of fused-ring (bicyclic) bond motifs is 1. The molecule has 0 aliphatic heterocycles. The standard InChI is InChI=1S/C16H15ClN4O2/c1-22-11-5-3-10(4-6-11)8-18-16-13(23-2)7-12-14(21-16)15(17)20-9-19-12/h3-7,9H,8H2,1-2H3,(H,18,21). The molecular weight excluding hydrogens is 316 g/mol. The number of benzene rings is 1. The Morgan fingerprint density at radius 1 is 1.09 bits per heavy atom. The summed E-state index contributed by atoms with van der Waals surface area (Å²) in [6.45, 7) is 0.587. The topological polar surface area (TPSA) is 69.2 Å². The van der Waals surface area contributed by atoms with Gasteiger partial charge in [0.15, 0.2) is 16.7 Å². The van der Waals surface area contributed by atoms with Gasteiger partial charge < -0.3 is 14.8 Å². The number of nitrogens with zero attached hydrogens (tertiary/aromatic N) is 3. The molecule has 0 radical (unpaired) electrons. The molecule has 0 fully saturated rings. The van der Waals surface area contributed by atoms with Gasteiger partial charge in [-0.3, -0.25) is 0 Å². The second kappa shape index (κ2) is 6.66. The van der Waals surface area contributed by atoms with Crippen LogP contribution in [0.25, 0.3) is 11.0 Å². The second-order valence-electron chi connectivity index (χ2n) is 4.77. The molecule has 0 aliphatic rings. The van der Waals surface area contributed by atoms with E-state index in [0.717, 1.165) is 11.3 Å². The summed E-state index contributed by atoms with van der Waals surface area (Å²) in [6, 6.07) is 9.57. The molecule has 0 spiro atoms. The van der Waals surface area contributed by atoms with Gasteiger partial charge in [0, 0.05) is 12.6 Å². The molecule has 7 heteroatoms. The van der Waals surface area contributed by atoms with Crippen LogP contribution in [0.5, 0.6) is 11.5 Å². The van der Waals surface area contributed by atoms with E-state index < -0.39 is 0 Å². The Morgan fingerprint density at radius 3 is 2.57 bits per heavy atom. The summed E-state index contributed by atoms with van der Waals surface area (Å²) in [5.74, 6) is 2.01. The van der Waals surface area contributed by atoms with E-state index in [0.29, 0.717) is 34.3 Å². The molecule has 0 unspecified atom stereocenters. The van der Waals surface area contributed by atoms with Gasteiger partial charge in [-0.15, -0.1) is 0 Å². The van der Waals surface area contributed by atoms with Crippen molar-refractivity contribution in [2.45, 2.75) is 6.54 Å². The SMILES string of the molecule is COc1ccc(CNc2nc3c(Cl)ncnc3cc2OC)cc1. The molecule has 1 N–H and O–H groups in total. The highest BCUT2D eigenvalue weighted by Gasteiger charge is 2.11.